The van der Waals surface area contributed by atoms with Crippen LogP contribution in [0.15, 0.2) is 12.2 Å². The highest BCUT2D eigenvalue weighted by molar-refractivity contribution is 6.07. The topological polar surface area (TPSA) is 61.4 Å². The van der Waals surface area contributed by atoms with Crippen LogP contribution in [-0.2, 0) is 4.79 Å². The molecule has 0 aromatic carbocycles. The number of carbonyl (C=O) groups excluding carboxylic acids is 2. The fraction of sp³-hybridized carbons (Fsp3) is 0.692. The van der Waals surface area contributed by atoms with E-state index in [0.29, 0.717) is 23.9 Å². The van der Waals surface area contributed by atoms with Gasteiger partial charge in [0.2, 0.25) is 5.54 Å². The third-order valence-electron chi connectivity index (χ3n) is 3.09. The highest BCUT2D eigenvalue weighted by Gasteiger charge is 2.64. The Hall–Kier alpha value is -1.57. The van der Waals surface area contributed by atoms with Crippen molar-refractivity contribution in [3.8, 4) is 0 Å². The van der Waals surface area contributed by atoms with Gasteiger partial charge in [-0.15, -0.1) is 0 Å². The lowest BCUT2D eigenvalue weighted by Gasteiger charge is -2.25. The van der Waals surface area contributed by atoms with Gasteiger partial charge in [0, 0.05) is 12.1 Å². The maximum atomic E-state index is 12.9. The summed E-state index contributed by atoms with van der Waals surface area (Å²) in [5.41, 5.74) is -2.64. The molecule has 1 aliphatic heterocycles. The largest absolute Gasteiger partial charge is 0.420 e. The van der Waals surface area contributed by atoms with Crippen LogP contribution in [0, 0.1) is 0 Å². The second kappa shape index (κ2) is 5.32. The summed E-state index contributed by atoms with van der Waals surface area (Å²) in [5.74, 6) is -1.31. The fourth-order valence-corrected chi connectivity index (χ4v) is 1.70. The van der Waals surface area contributed by atoms with Crippen LogP contribution in [0.3, 0.4) is 0 Å². The minimum Gasteiger partial charge on any atom is -0.316 e. The summed E-state index contributed by atoms with van der Waals surface area (Å²) in [4.78, 5) is 24.0. The predicted octanol–water partition coefficient (Wildman–Crippen LogP) is 1.80. The van der Waals surface area contributed by atoms with Crippen LogP contribution in [0.4, 0.5) is 18.0 Å². The molecule has 1 rings (SSSR count). The van der Waals surface area contributed by atoms with Crippen LogP contribution in [0.25, 0.3) is 0 Å². The summed E-state index contributed by atoms with van der Waals surface area (Å²) in [6.45, 7) is 10.1. The Labute approximate surface area is 121 Å². The van der Waals surface area contributed by atoms with Gasteiger partial charge in [0.05, 0.1) is 6.54 Å². The average Bonchev–Trinajstić information content (AvgIpc) is 2.50. The highest BCUT2D eigenvalue weighted by Crippen LogP contribution is 2.35. The zero-order valence-corrected chi connectivity index (χ0v) is 12.5. The Balaban J connectivity index is 2.75. The van der Waals surface area contributed by atoms with E-state index < -0.39 is 23.7 Å². The second-order valence-corrected chi connectivity index (χ2v) is 6.30. The van der Waals surface area contributed by atoms with Crippen molar-refractivity contribution in [2.24, 2.45) is 0 Å². The smallest absolute Gasteiger partial charge is 0.316 e. The number of hydrogen-bond donors (Lipinski definition) is 2. The first-order valence-corrected chi connectivity index (χ1v) is 6.40. The Bertz CT molecular complexity index is 468. The standard InChI is InChI=1S/C13H20F3N3O2/c1-8(6-17-11(2,3)4)7-19-9(20)12(5,13(14,15)16)18-10(19)21/h17H,1,6-7H2,2-5H3,(H,18,21). The van der Waals surface area contributed by atoms with Crippen LogP contribution in [0.1, 0.15) is 27.7 Å². The van der Waals surface area contributed by atoms with E-state index in [9.17, 15) is 22.8 Å². The van der Waals surface area contributed by atoms with Crippen molar-refractivity contribution < 1.29 is 22.8 Å². The zero-order chi connectivity index (χ0) is 16.6. The van der Waals surface area contributed by atoms with E-state index >= 15 is 0 Å². The van der Waals surface area contributed by atoms with Crippen molar-refractivity contribution in [3.05, 3.63) is 12.2 Å². The van der Waals surface area contributed by atoms with E-state index in [1.54, 1.807) is 5.32 Å². The van der Waals surface area contributed by atoms with Gasteiger partial charge < -0.3 is 10.6 Å². The Morgan fingerprint density at radius 1 is 1.33 bits per heavy atom. The Morgan fingerprint density at radius 2 is 1.86 bits per heavy atom. The Kier molecular flexibility index (Phi) is 4.43. The number of nitrogens with zero attached hydrogens (tertiary/aromatic N) is 1. The molecular formula is C13H20F3N3O2. The third-order valence-corrected chi connectivity index (χ3v) is 3.09. The van der Waals surface area contributed by atoms with Crippen LogP contribution in [0.5, 0.6) is 0 Å². The summed E-state index contributed by atoms with van der Waals surface area (Å²) < 4.78 is 38.7. The molecule has 0 saturated carbocycles. The lowest BCUT2D eigenvalue weighted by Crippen LogP contribution is -2.56. The lowest BCUT2D eigenvalue weighted by molar-refractivity contribution is -0.190. The van der Waals surface area contributed by atoms with Crippen molar-refractivity contribution in [3.63, 3.8) is 0 Å². The van der Waals surface area contributed by atoms with Gasteiger partial charge >= 0.3 is 12.2 Å². The number of urea groups is 1. The molecule has 0 bridgehead atoms. The van der Waals surface area contributed by atoms with E-state index in [1.807, 2.05) is 20.8 Å². The SMILES string of the molecule is C=C(CNC(C)(C)C)CN1C(=O)NC(C)(C(F)(F)F)C1=O. The van der Waals surface area contributed by atoms with E-state index in [2.05, 4.69) is 11.9 Å². The van der Waals surface area contributed by atoms with Gasteiger partial charge in [-0.05, 0) is 33.3 Å². The van der Waals surface area contributed by atoms with E-state index in [1.165, 1.54) is 0 Å². The summed E-state index contributed by atoms with van der Waals surface area (Å²) in [5, 5.41) is 4.78. The summed E-state index contributed by atoms with van der Waals surface area (Å²) in [6, 6.07) is -1.06. The zero-order valence-electron chi connectivity index (χ0n) is 12.5. The number of rotatable bonds is 4. The molecule has 1 saturated heterocycles. The van der Waals surface area contributed by atoms with Crippen LogP contribution < -0.4 is 10.6 Å². The molecule has 1 atom stereocenters. The first-order valence-electron chi connectivity index (χ1n) is 6.40. The van der Waals surface area contributed by atoms with Crippen LogP contribution in [0.2, 0.25) is 0 Å². The number of amides is 3. The van der Waals surface area contributed by atoms with E-state index in [4.69, 9.17) is 0 Å². The lowest BCUT2D eigenvalue weighted by atomic mass is 10.0. The highest BCUT2D eigenvalue weighted by atomic mass is 19.4. The molecular weight excluding hydrogens is 287 g/mol. The summed E-state index contributed by atoms with van der Waals surface area (Å²) in [6.07, 6.45) is -4.85. The fourth-order valence-electron chi connectivity index (χ4n) is 1.70. The summed E-state index contributed by atoms with van der Waals surface area (Å²) >= 11 is 0. The number of imide groups is 1. The molecule has 2 N–H and O–H groups in total. The first-order chi connectivity index (χ1) is 9.28. The maximum Gasteiger partial charge on any atom is 0.420 e. The molecule has 0 spiro atoms. The van der Waals surface area contributed by atoms with Crippen molar-refractivity contribution in [1.82, 2.24) is 15.5 Å². The van der Waals surface area contributed by atoms with Crippen molar-refractivity contribution in [2.45, 2.75) is 44.9 Å². The van der Waals surface area contributed by atoms with Crippen molar-refractivity contribution >= 4 is 11.9 Å². The van der Waals surface area contributed by atoms with Gasteiger partial charge in [-0.25, -0.2) is 4.79 Å². The molecule has 1 aliphatic rings. The monoisotopic (exact) mass is 307 g/mol. The number of halogens is 3. The van der Waals surface area contributed by atoms with Gasteiger partial charge in [0.1, 0.15) is 0 Å². The molecule has 0 aliphatic carbocycles. The van der Waals surface area contributed by atoms with Crippen LogP contribution >= 0.6 is 0 Å². The molecule has 1 heterocycles. The van der Waals surface area contributed by atoms with Gasteiger partial charge in [-0.1, -0.05) is 6.58 Å². The van der Waals surface area contributed by atoms with Gasteiger partial charge in [0.25, 0.3) is 5.91 Å². The minimum atomic E-state index is -4.85. The molecule has 8 heteroatoms. The Morgan fingerprint density at radius 3 is 2.24 bits per heavy atom. The molecule has 3 amide bonds. The molecule has 0 aromatic rings. The molecule has 1 fully saturated rings. The molecule has 0 aromatic heterocycles. The normalized spacial score (nSPS) is 23.5. The molecule has 120 valence electrons. The summed E-state index contributed by atoms with van der Waals surface area (Å²) in [7, 11) is 0. The molecule has 1 unspecified atom stereocenters. The van der Waals surface area contributed by atoms with Gasteiger partial charge in [-0.2, -0.15) is 13.2 Å². The number of nitrogens with one attached hydrogen (secondary N) is 2. The van der Waals surface area contributed by atoms with Gasteiger partial charge in [-0.3, -0.25) is 9.69 Å². The molecule has 5 nitrogen and oxygen atoms in total. The molecule has 0 radical (unpaired) electrons. The van der Waals surface area contributed by atoms with Crippen molar-refractivity contribution in [2.75, 3.05) is 13.1 Å². The first kappa shape index (κ1) is 17.5. The number of carbonyl (C=O) groups is 2. The van der Waals surface area contributed by atoms with E-state index in [-0.39, 0.29) is 12.1 Å². The van der Waals surface area contributed by atoms with Gasteiger partial charge in [0.15, 0.2) is 0 Å². The number of hydrogen-bond acceptors (Lipinski definition) is 3. The third kappa shape index (κ3) is 3.75. The predicted molar refractivity (Wildman–Crippen MR) is 71.6 cm³/mol. The quantitative estimate of drug-likeness (QED) is 0.615. The number of alkyl halides is 3. The van der Waals surface area contributed by atoms with E-state index in [0.717, 1.165) is 0 Å². The maximum absolute atomic E-state index is 12.9. The van der Waals surface area contributed by atoms with Crippen LogP contribution in [-0.4, -0.2) is 47.2 Å². The molecule has 21 heavy (non-hydrogen) atoms. The minimum absolute atomic E-state index is 0.208. The average molecular weight is 307 g/mol. The van der Waals surface area contributed by atoms with Crippen molar-refractivity contribution in [1.29, 1.82) is 0 Å². The second-order valence-electron chi connectivity index (χ2n) is 6.30.